The number of carbonyl (C=O) groups is 1. The number of fused-ring (bicyclic) bond motifs is 1. The van der Waals surface area contributed by atoms with Gasteiger partial charge >= 0.3 is 6.09 Å². The van der Waals surface area contributed by atoms with E-state index in [1.165, 1.54) is 11.3 Å². The van der Waals surface area contributed by atoms with Gasteiger partial charge in [-0.2, -0.15) is 0 Å². The van der Waals surface area contributed by atoms with Gasteiger partial charge in [-0.05, 0) is 29.7 Å². The topological polar surface area (TPSA) is 67.0 Å². The van der Waals surface area contributed by atoms with Crippen LogP contribution in [0.3, 0.4) is 0 Å². The molecule has 120 valence electrons. The Kier molecular flexibility index (Phi) is 4.54. The molecular weight excluding hydrogens is 334 g/mol. The second-order valence-corrected chi connectivity index (χ2v) is 6.82. The molecule has 0 spiro atoms. The number of hydrogen-bond donors (Lipinski definition) is 2. The normalized spacial score (nSPS) is 11.1. The van der Waals surface area contributed by atoms with Gasteiger partial charge in [-0.25, -0.2) is 9.78 Å². The molecule has 0 radical (unpaired) electrons. The minimum absolute atomic E-state index is 0.303. The molecule has 0 unspecified atom stereocenters. The number of halogens is 1. The van der Waals surface area contributed by atoms with Crippen LogP contribution in [-0.2, 0) is 4.74 Å². The number of hydrogen-bond acceptors (Lipinski definition) is 4. The van der Waals surface area contributed by atoms with Crippen LogP contribution in [0.15, 0.2) is 29.8 Å². The monoisotopic (exact) mass is 349 g/mol. The maximum absolute atomic E-state index is 11.7. The number of H-pyrrole nitrogens is 1. The van der Waals surface area contributed by atoms with Crippen molar-refractivity contribution in [3.63, 3.8) is 0 Å². The second kappa shape index (κ2) is 6.60. The number of nitrogens with one attached hydrogen (secondary N) is 2. The summed E-state index contributed by atoms with van der Waals surface area (Å²) in [5.74, 6) is 0.303. The number of nitrogens with zero attached hydrogens (tertiary/aromatic N) is 1. The zero-order valence-corrected chi connectivity index (χ0v) is 14.3. The number of aromatic nitrogens is 2. The van der Waals surface area contributed by atoms with E-state index in [-0.39, 0.29) is 0 Å². The second-order valence-electron chi connectivity index (χ2n) is 5.53. The molecule has 5 nitrogen and oxygen atoms in total. The van der Waals surface area contributed by atoms with Crippen LogP contribution in [0.2, 0.25) is 5.15 Å². The lowest BCUT2D eigenvalue weighted by Crippen LogP contribution is -2.15. The summed E-state index contributed by atoms with van der Waals surface area (Å²) in [6, 6.07) is 5.70. The lowest BCUT2D eigenvalue weighted by molar-refractivity contribution is 0.147. The molecule has 0 saturated heterocycles. The van der Waals surface area contributed by atoms with Gasteiger partial charge in [0.15, 0.2) is 0 Å². The van der Waals surface area contributed by atoms with Gasteiger partial charge < -0.3 is 9.72 Å². The summed E-state index contributed by atoms with van der Waals surface area (Å²) in [5, 5.41) is 6.87. The van der Waals surface area contributed by atoms with Crippen molar-refractivity contribution in [3.8, 4) is 11.1 Å². The third-order valence-corrected chi connectivity index (χ3v) is 4.31. The number of rotatable bonds is 4. The third kappa shape index (κ3) is 3.48. The number of amides is 1. The predicted octanol–water partition coefficient (Wildman–Crippen LogP) is 5.15. The van der Waals surface area contributed by atoms with Crippen LogP contribution < -0.4 is 5.32 Å². The molecule has 1 amide bonds. The number of pyridine rings is 1. The van der Waals surface area contributed by atoms with Crippen molar-refractivity contribution in [3.05, 3.63) is 34.9 Å². The summed E-state index contributed by atoms with van der Waals surface area (Å²) in [5.41, 5.74) is 2.55. The highest BCUT2D eigenvalue weighted by molar-refractivity contribution is 7.14. The Labute approximate surface area is 142 Å². The minimum atomic E-state index is -0.446. The van der Waals surface area contributed by atoms with E-state index in [9.17, 15) is 4.79 Å². The van der Waals surface area contributed by atoms with E-state index in [0.717, 1.165) is 22.2 Å². The minimum Gasteiger partial charge on any atom is -0.449 e. The largest absolute Gasteiger partial charge is 0.449 e. The highest BCUT2D eigenvalue weighted by atomic mass is 35.5. The molecule has 3 aromatic rings. The van der Waals surface area contributed by atoms with E-state index >= 15 is 0 Å². The molecule has 3 heterocycles. The highest BCUT2D eigenvalue weighted by Gasteiger charge is 2.15. The highest BCUT2D eigenvalue weighted by Crippen LogP contribution is 2.38. The van der Waals surface area contributed by atoms with Crippen molar-refractivity contribution >= 4 is 45.1 Å². The number of anilines is 1. The van der Waals surface area contributed by atoms with Gasteiger partial charge in [0.2, 0.25) is 0 Å². The maximum Gasteiger partial charge on any atom is 0.412 e. The Bertz CT molecular complexity index is 841. The van der Waals surface area contributed by atoms with Gasteiger partial charge in [0.25, 0.3) is 0 Å². The van der Waals surface area contributed by atoms with Crippen molar-refractivity contribution in [2.75, 3.05) is 11.9 Å². The molecular formula is C16H16ClN3O2S. The first-order chi connectivity index (χ1) is 11.0. The van der Waals surface area contributed by atoms with Gasteiger partial charge in [0.1, 0.15) is 10.8 Å². The lowest BCUT2D eigenvalue weighted by atomic mass is 10.1. The molecule has 0 saturated carbocycles. The van der Waals surface area contributed by atoms with Crippen molar-refractivity contribution in [2.45, 2.75) is 13.8 Å². The summed E-state index contributed by atoms with van der Waals surface area (Å²) >= 11 is 7.72. The van der Waals surface area contributed by atoms with Gasteiger partial charge in [-0.3, -0.25) is 5.32 Å². The van der Waals surface area contributed by atoms with E-state index in [2.05, 4.69) is 15.3 Å². The molecule has 3 aromatic heterocycles. The molecule has 0 aliphatic carbocycles. The molecule has 0 aliphatic rings. The number of carbonyl (C=O) groups excluding carboxylic acids is 1. The van der Waals surface area contributed by atoms with Gasteiger partial charge in [-0.15, -0.1) is 11.3 Å². The van der Waals surface area contributed by atoms with Gasteiger partial charge in [-0.1, -0.05) is 25.4 Å². The van der Waals surface area contributed by atoms with Crippen LogP contribution in [0, 0.1) is 5.92 Å². The molecule has 0 bridgehead atoms. The molecule has 0 aromatic carbocycles. The molecule has 23 heavy (non-hydrogen) atoms. The van der Waals surface area contributed by atoms with Gasteiger partial charge in [0.05, 0.1) is 11.6 Å². The third-order valence-electron chi connectivity index (χ3n) is 3.19. The first-order valence-electron chi connectivity index (χ1n) is 7.19. The van der Waals surface area contributed by atoms with Crippen molar-refractivity contribution in [1.82, 2.24) is 9.97 Å². The first kappa shape index (κ1) is 15.8. The van der Waals surface area contributed by atoms with Crippen LogP contribution in [-0.4, -0.2) is 22.7 Å². The van der Waals surface area contributed by atoms with Crippen LogP contribution in [0.5, 0.6) is 0 Å². The lowest BCUT2D eigenvalue weighted by Gasteiger charge is -2.07. The van der Waals surface area contributed by atoms with Gasteiger partial charge in [0, 0.05) is 22.5 Å². The van der Waals surface area contributed by atoms with E-state index in [0.29, 0.717) is 22.7 Å². The van der Waals surface area contributed by atoms with E-state index < -0.39 is 6.09 Å². The van der Waals surface area contributed by atoms with Crippen molar-refractivity contribution < 1.29 is 9.53 Å². The quantitative estimate of drug-likeness (QED) is 0.684. The maximum atomic E-state index is 11.7. The van der Waals surface area contributed by atoms with Crippen LogP contribution >= 0.6 is 22.9 Å². The van der Waals surface area contributed by atoms with E-state index in [1.807, 2.05) is 37.4 Å². The number of aromatic amines is 1. The standard InChI is InChI=1S/C16H16ClN3O2S/c1-9(2)7-22-16(21)19-12-6-10(8-23-12)13-11-4-3-5-18-15(11)20-14(13)17/h3-6,8-9H,7H2,1-2H3,(H,18,20)(H,19,21). The van der Waals surface area contributed by atoms with Crippen LogP contribution in [0.1, 0.15) is 13.8 Å². The first-order valence-corrected chi connectivity index (χ1v) is 8.45. The summed E-state index contributed by atoms with van der Waals surface area (Å²) in [7, 11) is 0. The Morgan fingerprint density at radius 2 is 2.35 bits per heavy atom. The Morgan fingerprint density at radius 1 is 1.52 bits per heavy atom. The number of thiophene rings is 1. The predicted molar refractivity (Wildman–Crippen MR) is 94.2 cm³/mol. The zero-order valence-electron chi connectivity index (χ0n) is 12.7. The summed E-state index contributed by atoms with van der Waals surface area (Å²) in [4.78, 5) is 19.0. The Morgan fingerprint density at radius 3 is 3.13 bits per heavy atom. The van der Waals surface area contributed by atoms with Crippen molar-refractivity contribution in [2.24, 2.45) is 5.92 Å². The molecule has 0 aliphatic heterocycles. The zero-order chi connectivity index (χ0) is 16.4. The fourth-order valence-electron chi connectivity index (χ4n) is 2.19. The molecule has 2 N–H and O–H groups in total. The van der Waals surface area contributed by atoms with Crippen LogP contribution in [0.4, 0.5) is 9.80 Å². The van der Waals surface area contributed by atoms with Crippen molar-refractivity contribution in [1.29, 1.82) is 0 Å². The fourth-order valence-corrected chi connectivity index (χ4v) is 3.26. The molecule has 0 atom stereocenters. The van der Waals surface area contributed by atoms with E-state index in [1.54, 1.807) is 6.20 Å². The Hall–Kier alpha value is -2.05. The Balaban J connectivity index is 1.81. The average molecular weight is 350 g/mol. The molecule has 0 fully saturated rings. The summed E-state index contributed by atoms with van der Waals surface area (Å²) in [6.07, 6.45) is 1.27. The SMILES string of the molecule is CC(C)COC(=O)Nc1cc(-c2c(Cl)[nH]c3ncccc23)cs1. The smallest absolute Gasteiger partial charge is 0.412 e. The summed E-state index contributed by atoms with van der Waals surface area (Å²) in [6.45, 7) is 4.37. The molecule has 7 heteroatoms. The molecule has 3 rings (SSSR count). The number of ether oxygens (including phenoxy) is 1. The fraction of sp³-hybridized carbons (Fsp3) is 0.250. The summed E-state index contributed by atoms with van der Waals surface area (Å²) < 4.78 is 5.12. The average Bonchev–Trinajstić information content (AvgIpc) is 3.08. The van der Waals surface area contributed by atoms with Crippen LogP contribution in [0.25, 0.3) is 22.2 Å². The van der Waals surface area contributed by atoms with E-state index in [4.69, 9.17) is 16.3 Å².